The first kappa shape index (κ1) is 23.5. The van der Waals surface area contributed by atoms with E-state index in [0.29, 0.717) is 5.96 Å². The van der Waals surface area contributed by atoms with Crippen molar-refractivity contribution in [2.45, 2.75) is 19.3 Å². The Hall–Kier alpha value is -1.80. The standard InChI is InChI=1S/C23H33N5.HI/c24-23(26-15-13-21-9-3-1-4-10-21)25-14-7-8-16-27-17-19-28(20-18-27)22-11-5-2-6-12-22;/h1-6,9-12H,7-8,13-20H2,(H3,24,25,26);1H. The van der Waals surface area contributed by atoms with Crippen LogP contribution in [0.2, 0.25) is 0 Å². The third-order valence-corrected chi connectivity index (χ3v) is 5.22. The lowest BCUT2D eigenvalue weighted by Crippen LogP contribution is -2.46. The van der Waals surface area contributed by atoms with E-state index in [4.69, 9.17) is 5.73 Å². The Kier molecular flexibility index (Phi) is 10.9. The first-order chi connectivity index (χ1) is 13.8. The van der Waals surface area contributed by atoms with Crippen LogP contribution in [0.5, 0.6) is 0 Å². The van der Waals surface area contributed by atoms with Crippen LogP contribution in [0.3, 0.4) is 0 Å². The van der Waals surface area contributed by atoms with Gasteiger partial charge in [0, 0.05) is 45.0 Å². The summed E-state index contributed by atoms with van der Waals surface area (Å²) in [7, 11) is 0. The van der Waals surface area contributed by atoms with Crippen molar-refractivity contribution >= 4 is 35.6 Å². The van der Waals surface area contributed by atoms with Crippen LogP contribution in [0.4, 0.5) is 5.69 Å². The molecule has 3 N–H and O–H groups in total. The highest BCUT2D eigenvalue weighted by Crippen LogP contribution is 2.15. The zero-order chi connectivity index (χ0) is 19.4. The maximum Gasteiger partial charge on any atom is 0.188 e. The Labute approximate surface area is 192 Å². The highest BCUT2D eigenvalue weighted by atomic mass is 127. The Morgan fingerprint density at radius 3 is 2.24 bits per heavy atom. The van der Waals surface area contributed by atoms with Crippen LogP contribution in [0.15, 0.2) is 65.7 Å². The number of hydrogen-bond acceptors (Lipinski definition) is 3. The largest absolute Gasteiger partial charge is 0.370 e. The molecule has 5 nitrogen and oxygen atoms in total. The van der Waals surface area contributed by atoms with E-state index >= 15 is 0 Å². The number of nitrogens with one attached hydrogen (secondary N) is 1. The molecule has 1 saturated heterocycles. The molecule has 0 atom stereocenters. The fourth-order valence-corrected chi connectivity index (χ4v) is 3.55. The molecule has 0 aromatic heterocycles. The number of halogens is 1. The molecular weight excluding hydrogens is 473 g/mol. The molecule has 0 bridgehead atoms. The van der Waals surface area contributed by atoms with Crippen LogP contribution < -0.4 is 16.0 Å². The van der Waals surface area contributed by atoms with Gasteiger partial charge < -0.3 is 16.0 Å². The molecule has 0 spiro atoms. The van der Waals surface area contributed by atoms with Gasteiger partial charge in [-0.05, 0) is 43.5 Å². The fraction of sp³-hybridized carbons (Fsp3) is 0.435. The average Bonchev–Trinajstić information content (AvgIpc) is 2.75. The number of aliphatic imine (C=N–C) groups is 1. The molecule has 0 amide bonds. The van der Waals surface area contributed by atoms with Gasteiger partial charge in [0.1, 0.15) is 0 Å². The van der Waals surface area contributed by atoms with Gasteiger partial charge in [0.05, 0.1) is 0 Å². The number of unbranched alkanes of at least 4 members (excludes halogenated alkanes) is 1. The summed E-state index contributed by atoms with van der Waals surface area (Å²) < 4.78 is 0. The molecule has 1 aliphatic rings. The highest BCUT2D eigenvalue weighted by Gasteiger charge is 2.16. The Morgan fingerprint density at radius 2 is 1.55 bits per heavy atom. The lowest BCUT2D eigenvalue weighted by Gasteiger charge is -2.36. The third kappa shape index (κ3) is 8.62. The van der Waals surface area contributed by atoms with Crippen LogP contribution in [0.1, 0.15) is 18.4 Å². The van der Waals surface area contributed by atoms with Crippen molar-refractivity contribution in [3.8, 4) is 0 Å². The number of nitrogens with two attached hydrogens (primary N) is 1. The van der Waals surface area contributed by atoms with Crippen LogP contribution in [0, 0.1) is 0 Å². The molecule has 2 aromatic rings. The maximum absolute atomic E-state index is 5.96. The first-order valence-electron chi connectivity index (χ1n) is 10.4. The molecule has 0 radical (unpaired) electrons. The second-order valence-electron chi connectivity index (χ2n) is 7.30. The number of rotatable bonds is 9. The monoisotopic (exact) mass is 507 g/mol. The quantitative estimate of drug-likeness (QED) is 0.237. The van der Waals surface area contributed by atoms with Crippen molar-refractivity contribution in [3.63, 3.8) is 0 Å². The lowest BCUT2D eigenvalue weighted by molar-refractivity contribution is 0.253. The second-order valence-corrected chi connectivity index (χ2v) is 7.30. The summed E-state index contributed by atoms with van der Waals surface area (Å²) in [6.45, 7) is 7.28. The summed E-state index contributed by atoms with van der Waals surface area (Å²) >= 11 is 0. The van der Waals surface area contributed by atoms with Gasteiger partial charge in [-0.15, -0.1) is 24.0 Å². The van der Waals surface area contributed by atoms with Crippen molar-refractivity contribution in [3.05, 3.63) is 66.2 Å². The van der Waals surface area contributed by atoms with Gasteiger partial charge in [0.2, 0.25) is 0 Å². The molecule has 3 rings (SSSR count). The molecule has 0 saturated carbocycles. The van der Waals surface area contributed by atoms with Crippen molar-refractivity contribution < 1.29 is 0 Å². The molecule has 1 aliphatic heterocycles. The van der Waals surface area contributed by atoms with E-state index in [0.717, 1.165) is 58.7 Å². The lowest BCUT2D eigenvalue weighted by atomic mass is 10.1. The van der Waals surface area contributed by atoms with Gasteiger partial charge in [-0.3, -0.25) is 9.89 Å². The minimum absolute atomic E-state index is 0. The number of nitrogens with zero attached hydrogens (tertiary/aromatic N) is 3. The van der Waals surface area contributed by atoms with Gasteiger partial charge in [-0.25, -0.2) is 0 Å². The normalized spacial score (nSPS) is 15.0. The van der Waals surface area contributed by atoms with Gasteiger partial charge >= 0.3 is 0 Å². The van der Waals surface area contributed by atoms with Crippen LogP contribution in [-0.2, 0) is 6.42 Å². The zero-order valence-corrected chi connectivity index (χ0v) is 19.5. The molecule has 0 unspecified atom stereocenters. The minimum Gasteiger partial charge on any atom is -0.370 e. The third-order valence-electron chi connectivity index (χ3n) is 5.22. The zero-order valence-electron chi connectivity index (χ0n) is 17.2. The van der Waals surface area contributed by atoms with E-state index in [1.54, 1.807) is 0 Å². The molecule has 2 aromatic carbocycles. The maximum atomic E-state index is 5.96. The number of piperazine rings is 1. The van der Waals surface area contributed by atoms with E-state index in [1.807, 2.05) is 6.07 Å². The molecule has 0 aliphatic carbocycles. The Morgan fingerprint density at radius 1 is 0.897 bits per heavy atom. The van der Waals surface area contributed by atoms with E-state index in [1.165, 1.54) is 17.7 Å². The summed E-state index contributed by atoms with van der Waals surface area (Å²) in [6, 6.07) is 21.1. The van der Waals surface area contributed by atoms with Crippen molar-refractivity contribution in [2.75, 3.05) is 50.7 Å². The molecule has 158 valence electrons. The smallest absolute Gasteiger partial charge is 0.188 e. The minimum atomic E-state index is 0. The first-order valence-corrected chi connectivity index (χ1v) is 10.4. The number of benzene rings is 2. The Balaban J connectivity index is 0.00000300. The molecular formula is C23H34IN5. The highest BCUT2D eigenvalue weighted by molar-refractivity contribution is 14.0. The van der Waals surface area contributed by atoms with Gasteiger partial charge in [0.25, 0.3) is 0 Å². The van der Waals surface area contributed by atoms with Gasteiger partial charge in [-0.2, -0.15) is 0 Å². The topological polar surface area (TPSA) is 56.9 Å². The predicted molar refractivity (Wildman–Crippen MR) is 134 cm³/mol. The average molecular weight is 507 g/mol. The van der Waals surface area contributed by atoms with Crippen molar-refractivity contribution in [1.82, 2.24) is 10.2 Å². The van der Waals surface area contributed by atoms with E-state index in [2.05, 4.69) is 74.7 Å². The summed E-state index contributed by atoms with van der Waals surface area (Å²) in [5.41, 5.74) is 8.61. The van der Waals surface area contributed by atoms with Crippen LogP contribution >= 0.6 is 24.0 Å². The number of guanidine groups is 1. The number of para-hydroxylation sites is 1. The summed E-state index contributed by atoms with van der Waals surface area (Å²) in [5.74, 6) is 0.562. The van der Waals surface area contributed by atoms with E-state index < -0.39 is 0 Å². The van der Waals surface area contributed by atoms with Crippen LogP contribution in [0.25, 0.3) is 0 Å². The second kappa shape index (κ2) is 13.4. The van der Waals surface area contributed by atoms with Gasteiger partial charge in [-0.1, -0.05) is 48.5 Å². The molecule has 6 heteroatoms. The summed E-state index contributed by atoms with van der Waals surface area (Å²) in [6.07, 6.45) is 3.22. The van der Waals surface area contributed by atoms with Gasteiger partial charge in [0.15, 0.2) is 5.96 Å². The summed E-state index contributed by atoms with van der Waals surface area (Å²) in [4.78, 5) is 9.48. The van der Waals surface area contributed by atoms with Crippen molar-refractivity contribution in [2.24, 2.45) is 10.7 Å². The molecule has 1 fully saturated rings. The number of anilines is 1. The summed E-state index contributed by atoms with van der Waals surface area (Å²) in [5, 5.41) is 3.20. The molecule has 29 heavy (non-hydrogen) atoms. The molecule has 1 heterocycles. The van der Waals surface area contributed by atoms with E-state index in [9.17, 15) is 0 Å². The van der Waals surface area contributed by atoms with E-state index in [-0.39, 0.29) is 24.0 Å². The Bertz CT molecular complexity index is 700. The number of hydrogen-bond donors (Lipinski definition) is 2. The SMILES string of the molecule is I.NC(=NCCCCN1CCN(c2ccccc2)CC1)NCCc1ccccc1. The van der Waals surface area contributed by atoms with Crippen LogP contribution in [-0.4, -0.2) is 56.7 Å². The van der Waals surface area contributed by atoms with Crippen molar-refractivity contribution in [1.29, 1.82) is 0 Å². The fourth-order valence-electron chi connectivity index (χ4n) is 3.55. The predicted octanol–water partition coefficient (Wildman–Crippen LogP) is 3.35.